The van der Waals surface area contributed by atoms with E-state index < -0.39 is 10.9 Å². The molecular weight excluding hydrogens is 332 g/mol. The van der Waals surface area contributed by atoms with E-state index in [1.54, 1.807) is 24.5 Å². The predicted octanol–water partition coefficient (Wildman–Crippen LogP) is 2.53. The van der Waals surface area contributed by atoms with Gasteiger partial charge in [0.1, 0.15) is 17.1 Å². The Kier molecular flexibility index (Phi) is 3.69. The Balaban J connectivity index is 1.58. The van der Waals surface area contributed by atoms with E-state index in [2.05, 4.69) is 20.6 Å². The largest absolute Gasteiger partial charge is 0.508 e. The van der Waals surface area contributed by atoms with Crippen LogP contribution < -0.4 is 21.5 Å². The number of aromatic nitrogens is 2. The highest BCUT2D eigenvalue weighted by Crippen LogP contribution is 2.26. The second-order valence-corrected chi connectivity index (χ2v) is 6.15. The van der Waals surface area contributed by atoms with Crippen LogP contribution in [0.4, 0.5) is 17.1 Å². The number of aryl methyl sites for hydroxylation is 1. The Morgan fingerprint density at radius 2 is 1.92 bits per heavy atom. The third kappa shape index (κ3) is 2.69. The first-order valence-corrected chi connectivity index (χ1v) is 8.09. The van der Waals surface area contributed by atoms with Gasteiger partial charge in [-0.1, -0.05) is 12.1 Å². The van der Waals surface area contributed by atoms with Crippen molar-refractivity contribution in [2.45, 2.75) is 13.5 Å². The molecule has 0 aliphatic rings. The van der Waals surface area contributed by atoms with Crippen LogP contribution >= 0.6 is 0 Å². The first-order chi connectivity index (χ1) is 12.5. The lowest BCUT2D eigenvalue weighted by atomic mass is 10.1. The van der Waals surface area contributed by atoms with Gasteiger partial charge < -0.3 is 20.7 Å². The molecule has 4 rings (SSSR count). The van der Waals surface area contributed by atoms with Gasteiger partial charge in [0.25, 0.3) is 10.9 Å². The Morgan fingerprint density at radius 1 is 1.12 bits per heavy atom. The van der Waals surface area contributed by atoms with Gasteiger partial charge in [0.2, 0.25) is 0 Å². The van der Waals surface area contributed by atoms with E-state index in [4.69, 9.17) is 0 Å². The van der Waals surface area contributed by atoms with Gasteiger partial charge in [0.15, 0.2) is 0 Å². The molecule has 1 aromatic heterocycles. The quantitative estimate of drug-likeness (QED) is 0.413. The van der Waals surface area contributed by atoms with Gasteiger partial charge in [-0.05, 0) is 42.3 Å². The lowest BCUT2D eigenvalue weighted by Gasteiger charge is -2.15. The second-order valence-electron chi connectivity index (χ2n) is 6.15. The van der Waals surface area contributed by atoms with E-state index in [0.717, 1.165) is 22.2 Å². The molecule has 0 atom stereocenters. The maximum Gasteiger partial charge on any atom is 0.253 e. The Hall–Kier alpha value is -3.61. The molecule has 0 spiro atoms. The molecule has 3 aromatic carbocycles. The monoisotopic (exact) mass is 348 g/mol. The number of anilines is 3. The number of aromatic amines is 1. The summed E-state index contributed by atoms with van der Waals surface area (Å²) in [5.41, 5.74) is 3.57. The minimum Gasteiger partial charge on any atom is -0.508 e. The number of nitrogens with one attached hydrogen (secondary N) is 3. The highest BCUT2D eigenvalue weighted by atomic mass is 16.3. The van der Waals surface area contributed by atoms with Gasteiger partial charge in [-0.3, -0.25) is 9.59 Å². The molecular formula is C19H16N4O3. The fourth-order valence-corrected chi connectivity index (χ4v) is 2.98. The van der Waals surface area contributed by atoms with Crippen molar-refractivity contribution >= 4 is 28.1 Å². The summed E-state index contributed by atoms with van der Waals surface area (Å²) in [4.78, 5) is 31.2. The van der Waals surface area contributed by atoms with Crippen LogP contribution in [0, 0.1) is 6.92 Å². The van der Waals surface area contributed by atoms with Gasteiger partial charge >= 0.3 is 0 Å². The summed E-state index contributed by atoms with van der Waals surface area (Å²) in [7, 11) is 0. The van der Waals surface area contributed by atoms with Crippen molar-refractivity contribution in [2.75, 3.05) is 10.6 Å². The van der Waals surface area contributed by atoms with Gasteiger partial charge in [-0.15, -0.1) is 0 Å². The molecule has 1 heterocycles. The summed E-state index contributed by atoms with van der Waals surface area (Å²) in [6, 6.07) is 10.4. The molecule has 0 saturated heterocycles. The third-order valence-corrected chi connectivity index (χ3v) is 4.27. The summed E-state index contributed by atoms with van der Waals surface area (Å²) < 4.78 is 0. The van der Waals surface area contributed by atoms with E-state index in [0.29, 0.717) is 12.2 Å². The summed E-state index contributed by atoms with van der Waals surface area (Å²) in [5.74, 6) is 0.149. The minimum atomic E-state index is -0.550. The third-order valence-electron chi connectivity index (χ3n) is 4.27. The molecule has 0 aliphatic heterocycles. The van der Waals surface area contributed by atoms with Gasteiger partial charge in [0.05, 0.1) is 17.4 Å². The molecule has 0 aliphatic carbocycles. The van der Waals surface area contributed by atoms with E-state index in [1.165, 1.54) is 0 Å². The van der Waals surface area contributed by atoms with E-state index >= 15 is 0 Å². The van der Waals surface area contributed by atoms with Crippen molar-refractivity contribution in [3.8, 4) is 5.75 Å². The van der Waals surface area contributed by atoms with Crippen molar-refractivity contribution in [2.24, 2.45) is 0 Å². The first kappa shape index (κ1) is 15.9. The minimum absolute atomic E-state index is 0.149. The smallest absolute Gasteiger partial charge is 0.253 e. The number of H-pyrrole nitrogens is 1. The second kappa shape index (κ2) is 6.03. The van der Waals surface area contributed by atoms with Crippen molar-refractivity contribution in [3.63, 3.8) is 0 Å². The van der Waals surface area contributed by atoms with Crippen LogP contribution in [0.15, 0.2) is 52.3 Å². The van der Waals surface area contributed by atoms with Crippen LogP contribution in [-0.4, -0.2) is 15.1 Å². The topological polar surface area (TPSA) is 107 Å². The van der Waals surface area contributed by atoms with Gasteiger partial charge in [0, 0.05) is 12.2 Å². The number of hydrogen-bond acceptors (Lipinski definition) is 6. The van der Waals surface area contributed by atoms with Crippen molar-refractivity contribution in [3.05, 3.63) is 74.3 Å². The summed E-state index contributed by atoms with van der Waals surface area (Å²) >= 11 is 0. The molecule has 7 heteroatoms. The van der Waals surface area contributed by atoms with Crippen molar-refractivity contribution in [1.82, 2.24) is 9.97 Å². The zero-order valence-corrected chi connectivity index (χ0v) is 14.0. The molecule has 0 fully saturated rings. The Labute approximate surface area is 148 Å². The molecule has 0 unspecified atom stereocenters. The average Bonchev–Trinajstić information content (AvgIpc) is 3.10. The van der Waals surface area contributed by atoms with E-state index in [-0.39, 0.29) is 17.1 Å². The fourth-order valence-electron chi connectivity index (χ4n) is 2.98. The van der Waals surface area contributed by atoms with Crippen molar-refractivity contribution in [1.29, 1.82) is 0 Å². The maximum absolute atomic E-state index is 12.0. The van der Waals surface area contributed by atoms with Crippen LogP contribution in [0.3, 0.4) is 0 Å². The number of fused-ring (bicyclic) bond motifs is 1. The van der Waals surface area contributed by atoms with Crippen molar-refractivity contribution < 1.29 is 5.11 Å². The summed E-state index contributed by atoms with van der Waals surface area (Å²) in [5, 5.41) is 15.5. The SMILES string of the molecule is Cc1cc(Nc2c(NCc3cccc(O)c3)c(=O)c2=O)cc2[nH]cnc12. The van der Waals surface area contributed by atoms with Crippen LogP contribution in [0.2, 0.25) is 0 Å². The fraction of sp³-hybridized carbons (Fsp3) is 0.105. The normalized spacial score (nSPS) is 11.1. The number of aromatic hydroxyl groups is 1. The molecule has 7 nitrogen and oxygen atoms in total. The molecule has 0 amide bonds. The maximum atomic E-state index is 12.0. The molecule has 130 valence electrons. The van der Waals surface area contributed by atoms with Gasteiger partial charge in [-0.2, -0.15) is 0 Å². The molecule has 0 bridgehead atoms. The molecule has 4 aromatic rings. The van der Waals surface area contributed by atoms with Crippen LogP contribution in [0.1, 0.15) is 11.1 Å². The number of phenolic OH excluding ortho intramolecular Hbond substituents is 1. The van der Waals surface area contributed by atoms with Crippen LogP contribution in [0.25, 0.3) is 11.0 Å². The standard InChI is InChI=1S/C19H16N4O3/c1-10-5-12(7-14-15(10)22-9-21-14)23-17-16(18(25)19(17)26)20-8-11-3-2-4-13(24)6-11/h2-7,9,20,23-24H,8H2,1H3,(H,21,22). The average molecular weight is 348 g/mol. The van der Waals surface area contributed by atoms with E-state index in [1.807, 2.05) is 25.1 Å². The van der Waals surface area contributed by atoms with Gasteiger partial charge in [-0.25, -0.2) is 4.98 Å². The lowest BCUT2D eigenvalue weighted by molar-refractivity contribution is 0.474. The zero-order chi connectivity index (χ0) is 18.3. The predicted molar refractivity (Wildman–Crippen MR) is 101 cm³/mol. The highest BCUT2D eigenvalue weighted by Gasteiger charge is 2.21. The molecule has 0 radical (unpaired) electrons. The first-order valence-electron chi connectivity index (χ1n) is 8.09. The molecule has 4 N–H and O–H groups in total. The summed E-state index contributed by atoms with van der Waals surface area (Å²) in [6.45, 7) is 2.25. The Bertz CT molecular complexity index is 1190. The number of phenols is 1. The molecule has 26 heavy (non-hydrogen) atoms. The number of benzene rings is 2. The Morgan fingerprint density at radius 3 is 2.73 bits per heavy atom. The number of rotatable bonds is 5. The summed E-state index contributed by atoms with van der Waals surface area (Å²) in [6.07, 6.45) is 1.61. The molecule has 0 saturated carbocycles. The number of nitrogens with zero attached hydrogens (tertiary/aromatic N) is 1. The number of hydrogen-bond donors (Lipinski definition) is 4. The number of imidazole rings is 1. The van der Waals surface area contributed by atoms with Crippen LogP contribution in [-0.2, 0) is 6.54 Å². The zero-order valence-electron chi connectivity index (χ0n) is 14.0. The van der Waals surface area contributed by atoms with E-state index in [9.17, 15) is 14.7 Å². The van der Waals surface area contributed by atoms with Crippen LogP contribution in [0.5, 0.6) is 5.75 Å². The lowest BCUT2D eigenvalue weighted by Crippen LogP contribution is -2.36. The highest BCUT2D eigenvalue weighted by molar-refractivity contribution is 5.86.